The van der Waals surface area contributed by atoms with Crippen LogP contribution in [0.15, 0.2) is 72.8 Å². The standard InChI is InChI=1S/C25H18O6S/c1-30-22(28)13-4-15-2-10-19(11-3-15)31-24-20-12-9-18(27)14-21(20)32-25(24)23(29)16-5-7-17(26)8-6-16/h2-14,26-27H,1H3/b13-4+. The minimum atomic E-state index is -0.448. The van der Waals surface area contributed by atoms with Crippen molar-refractivity contribution in [2.45, 2.75) is 0 Å². The first-order valence-corrected chi connectivity index (χ1v) is 10.4. The first-order chi connectivity index (χ1) is 15.4. The van der Waals surface area contributed by atoms with Gasteiger partial charge in [0.15, 0.2) is 5.75 Å². The van der Waals surface area contributed by atoms with Crippen LogP contribution in [0.2, 0.25) is 0 Å². The summed E-state index contributed by atoms with van der Waals surface area (Å²) in [6.07, 6.45) is 2.95. The molecule has 0 spiro atoms. The van der Waals surface area contributed by atoms with Gasteiger partial charge in [-0.25, -0.2) is 4.79 Å². The minimum absolute atomic E-state index is 0.0700. The van der Waals surface area contributed by atoms with Crippen molar-refractivity contribution >= 4 is 39.3 Å². The number of esters is 1. The Morgan fingerprint density at radius 2 is 1.59 bits per heavy atom. The maximum Gasteiger partial charge on any atom is 0.330 e. The van der Waals surface area contributed by atoms with Gasteiger partial charge in [-0.1, -0.05) is 12.1 Å². The van der Waals surface area contributed by atoms with Crippen LogP contribution < -0.4 is 4.74 Å². The molecular formula is C25H18O6S. The number of phenols is 2. The van der Waals surface area contributed by atoms with E-state index in [2.05, 4.69) is 4.74 Å². The zero-order valence-corrected chi connectivity index (χ0v) is 17.8. The van der Waals surface area contributed by atoms with Gasteiger partial charge in [-0.15, -0.1) is 11.3 Å². The van der Waals surface area contributed by atoms with Gasteiger partial charge in [-0.2, -0.15) is 0 Å². The van der Waals surface area contributed by atoms with Gasteiger partial charge in [0.2, 0.25) is 5.78 Å². The quantitative estimate of drug-likeness (QED) is 0.230. The number of ketones is 1. The normalized spacial score (nSPS) is 11.0. The van der Waals surface area contributed by atoms with Gasteiger partial charge >= 0.3 is 5.97 Å². The third kappa shape index (κ3) is 4.48. The van der Waals surface area contributed by atoms with E-state index in [1.54, 1.807) is 54.6 Å². The number of rotatable bonds is 6. The molecule has 0 saturated carbocycles. The first-order valence-electron chi connectivity index (χ1n) is 9.58. The highest BCUT2D eigenvalue weighted by atomic mass is 32.1. The van der Waals surface area contributed by atoms with Gasteiger partial charge in [0.1, 0.15) is 22.1 Å². The zero-order chi connectivity index (χ0) is 22.7. The highest BCUT2D eigenvalue weighted by Gasteiger charge is 2.22. The summed E-state index contributed by atoms with van der Waals surface area (Å²) < 4.78 is 11.4. The van der Waals surface area contributed by atoms with Crippen molar-refractivity contribution in [1.29, 1.82) is 0 Å². The van der Waals surface area contributed by atoms with Crippen molar-refractivity contribution in [3.63, 3.8) is 0 Å². The summed E-state index contributed by atoms with van der Waals surface area (Å²) in [5.74, 6) is 0.360. The maximum atomic E-state index is 13.2. The second-order valence-corrected chi connectivity index (χ2v) is 7.90. The number of phenolic OH excluding ortho intramolecular Hbond substituents is 2. The number of thiophene rings is 1. The Hall–Kier alpha value is -4.10. The fraction of sp³-hybridized carbons (Fsp3) is 0.0400. The largest absolute Gasteiger partial charge is 0.508 e. The van der Waals surface area contributed by atoms with E-state index in [1.165, 1.54) is 42.7 Å². The molecule has 0 saturated heterocycles. The van der Waals surface area contributed by atoms with E-state index in [-0.39, 0.29) is 17.3 Å². The molecule has 4 rings (SSSR count). The smallest absolute Gasteiger partial charge is 0.330 e. The van der Waals surface area contributed by atoms with Crippen LogP contribution in [0.3, 0.4) is 0 Å². The van der Waals surface area contributed by atoms with Crippen LogP contribution in [0.4, 0.5) is 0 Å². The lowest BCUT2D eigenvalue weighted by Crippen LogP contribution is -2.00. The third-order valence-corrected chi connectivity index (χ3v) is 5.81. The van der Waals surface area contributed by atoms with Crippen LogP contribution in [-0.4, -0.2) is 29.1 Å². The molecule has 0 aliphatic heterocycles. The summed E-state index contributed by atoms with van der Waals surface area (Å²) >= 11 is 1.22. The van der Waals surface area contributed by atoms with Gasteiger partial charge in [-0.3, -0.25) is 4.79 Å². The molecule has 32 heavy (non-hydrogen) atoms. The Labute approximate surface area is 187 Å². The van der Waals surface area contributed by atoms with Crippen molar-refractivity contribution in [3.8, 4) is 23.0 Å². The van der Waals surface area contributed by atoms with Crippen molar-refractivity contribution in [2.75, 3.05) is 7.11 Å². The number of benzene rings is 3. The van der Waals surface area contributed by atoms with Crippen molar-refractivity contribution < 1.29 is 29.3 Å². The van der Waals surface area contributed by atoms with Crippen molar-refractivity contribution in [2.24, 2.45) is 0 Å². The number of methoxy groups -OCH3 is 1. The van der Waals surface area contributed by atoms with Crippen molar-refractivity contribution in [1.82, 2.24) is 0 Å². The molecule has 0 aliphatic carbocycles. The predicted octanol–water partition coefficient (Wildman–Crippen LogP) is 5.52. The predicted molar refractivity (Wildman–Crippen MR) is 123 cm³/mol. The topological polar surface area (TPSA) is 93.1 Å². The van der Waals surface area contributed by atoms with E-state index in [1.807, 2.05) is 0 Å². The third-order valence-electron chi connectivity index (χ3n) is 4.68. The SMILES string of the molecule is COC(=O)/C=C/c1ccc(Oc2c(C(=O)c3ccc(O)cc3)sc3cc(O)ccc23)cc1. The van der Waals surface area contributed by atoms with Crippen LogP contribution in [0.5, 0.6) is 23.0 Å². The van der Waals surface area contributed by atoms with Crippen LogP contribution in [0, 0.1) is 0 Å². The number of fused-ring (bicyclic) bond motifs is 1. The molecule has 0 atom stereocenters. The fourth-order valence-corrected chi connectivity index (χ4v) is 4.18. The number of carbonyl (C=O) groups excluding carboxylic acids is 2. The molecule has 3 aromatic carbocycles. The summed E-state index contributed by atoms with van der Waals surface area (Å²) in [5.41, 5.74) is 1.19. The summed E-state index contributed by atoms with van der Waals surface area (Å²) in [6.45, 7) is 0. The van der Waals surface area contributed by atoms with Crippen molar-refractivity contribution in [3.05, 3.63) is 88.8 Å². The number of hydrogen-bond acceptors (Lipinski definition) is 7. The van der Waals surface area contributed by atoms with E-state index in [0.717, 1.165) is 5.56 Å². The molecule has 1 aromatic heterocycles. The molecular weight excluding hydrogens is 428 g/mol. The minimum Gasteiger partial charge on any atom is -0.508 e. The van der Waals surface area contributed by atoms with Crippen LogP contribution in [0.1, 0.15) is 20.8 Å². The van der Waals surface area contributed by atoms with Crippen LogP contribution in [0.25, 0.3) is 16.2 Å². The number of ether oxygens (including phenoxy) is 2. The molecule has 4 aromatic rings. The highest BCUT2D eigenvalue weighted by molar-refractivity contribution is 7.21. The number of aromatic hydroxyl groups is 2. The first kappa shape index (κ1) is 21.1. The van der Waals surface area contributed by atoms with E-state index >= 15 is 0 Å². The van der Waals surface area contributed by atoms with Gasteiger partial charge in [0.05, 0.1) is 7.11 Å². The second kappa shape index (κ2) is 8.95. The number of carbonyl (C=O) groups is 2. The van der Waals surface area contributed by atoms with Gasteiger partial charge in [-0.05, 0) is 66.2 Å². The van der Waals surface area contributed by atoms with E-state index in [4.69, 9.17) is 4.74 Å². The summed E-state index contributed by atoms with van der Waals surface area (Å²) in [6, 6.07) is 17.8. The maximum absolute atomic E-state index is 13.2. The van der Waals surface area contributed by atoms with E-state index in [0.29, 0.717) is 32.0 Å². The number of hydrogen-bond donors (Lipinski definition) is 2. The molecule has 0 bridgehead atoms. The van der Waals surface area contributed by atoms with E-state index < -0.39 is 5.97 Å². The molecule has 160 valence electrons. The molecule has 6 nitrogen and oxygen atoms in total. The summed E-state index contributed by atoms with van der Waals surface area (Å²) in [4.78, 5) is 24.8. The lowest BCUT2D eigenvalue weighted by Gasteiger charge is -2.08. The molecule has 0 radical (unpaired) electrons. The van der Waals surface area contributed by atoms with Crippen LogP contribution >= 0.6 is 11.3 Å². The lowest BCUT2D eigenvalue weighted by atomic mass is 10.1. The lowest BCUT2D eigenvalue weighted by molar-refractivity contribution is -0.134. The Bertz CT molecular complexity index is 1320. The average molecular weight is 446 g/mol. The molecule has 7 heteroatoms. The Morgan fingerprint density at radius 3 is 2.28 bits per heavy atom. The molecule has 2 N–H and O–H groups in total. The molecule has 0 aliphatic rings. The van der Waals surface area contributed by atoms with Crippen LogP contribution in [-0.2, 0) is 9.53 Å². The monoisotopic (exact) mass is 446 g/mol. The molecule has 0 fully saturated rings. The van der Waals surface area contributed by atoms with Gasteiger partial charge in [0, 0.05) is 21.7 Å². The molecule has 0 unspecified atom stereocenters. The summed E-state index contributed by atoms with van der Waals surface area (Å²) in [7, 11) is 1.31. The van der Waals surface area contributed by atoms with E-state index in [9.17, 15) is 19.8 Å². The highest BCUT2D eigenvalue weighted by Crippen LogP contribution is 2.42. The molecule has 1 heterocycles. The Kier molecular flexibility index (Phi) is 5.91. The zero-order valence-electron chi connectivity index (χ0n) is 16.9. The summed E-state index contributed by atoms with van der Waals surface area (Å²) in [5, 5.41) is 20.1. The Balaban J connectivity index is 1.70. The van der Waals surface area contributed by atoms with Gasteiger partial charge < -0.3 is 19.7 Å². The fourth-order valence-electron chi connectivity index (χ4n) is 3.05. The second-order valence-electron chi connectivity index (χ2n) is 6.84. The average Bonchev–Trinajstić information content (AvgIpc) is 3.15. The molecule has 0 amide bonds. The van der Waals surface area contributed by atoms with Gasteiger partial charge in [0.25, 0.3) is 0 Å². The Morgan fingerprint density at radius 1 is 0.906 bits per heavy atom.